The zero-order valence-electron chi connectivity index (χ0n) is 14.9. The Labute approximate surface area is 152 Å². The number of anilines is 1. The Morgan fingerprint density at radius 3 is 2.76 bits per heavy atom. The van der Waals surface area contributed by atoms with Gasteiger partial charge in [0.1, 0.15) is 0 Å². The van der Waals surface area contributed by atoms with E-state index in [0.717, 1.165) is 33.4 Å². The van der Waals surface area contributed by atoms with Gasteiger partial charge >= 0.3 is 5.97 Å². The quantitative estimate of drug-likeness (QED) is 0.515. The zero-order valence-corrected chi connectivity index (χ0v) is 15.7. The first kappa shape index (κ1) is 17.4. The Bertz CT molecular complexity index is 917. The van der Waals surface area contributed by atoms with Gasteiger partial charge in [-0.05, 0) is 49.7 Å². The van der Waals surface area contributed by atoms with Crippen molar-refractivity contribution in [1.29, 1.82) is 0 Å². The Hall–Kier alpha value is -2.40. The lowest BCUT2D eigenvalue weighted by Gasteiger charge is -2.16. The molecule has 2 aromatic carbocycles. The molecule has 0 atom stereocenters. The molecule has 0 aliphatic heterocycles. The summed E-state index contributed by atoms with van der Waals surface area (Å²) in [5.41, 5.74) is 6.07. The van der Waals surface area contributed by atoms with Gasteiger partial charge in [0.25, 0.3) is 0 Å². The number of nitrogens with zero attached hydrogens (tertiary/aromatic N) is 1. The van der Waals surface area contributed by atoms with Gasteiger partial charge in [-0.3, -0.25) is 0 Å². The molecule has 1 heterocycles. The summed E-state index contributed by atoms with van der Waals surface area (Å²) in [5, 5.41) is 1.03. The van der Waals surface area contributed by atoms with Crippen molar-refractivity contribution in [2.75, 3.05) is 24.2 Å². The number of carbonyl (C=O) groups excluding carboxylic acids is 1. The van der Waals surface area contributed by atoms with Crippen LogP contribution in [0.5, 0.6) is 0 Å². The molecule has 0 saturated carbocycles. The number of hydrogen-bond acceptors (Lipinski definition) is 4. The van der Waals surface area contributed by atoms with Crippen molar-refractivity contribution in [3.8, 4) is 11.1 Å². The second-order valence-corrected chi connectivity index (χ2v) is 6.75. The molecule has 3 aromatic rings. The summed E-state index contributed by atoms with van der Waals surface area (Å²) < 4.78 is 7.26. The first-order chi connectivity index (χ1) is 12.0. The number of ether oxygens (including phenoxy) is 1. The van der Waals surface area contributed by atoms with E-state index in [1.165, 1.54) is 0 Å². The van der Waals surface area contributed by atoms with Crippen molar-refractivity contribution in [1.82, 2.24) is 4.98 Å². The summed E-state index contributed by atoms with van der Waals surface area (Å²) in [6, 6.07) is 14.1. The number of benzene rings is 2. The van der Waals surface area contributed by atoms with E-state index >= 15 is 0 Å². The van der Waals surface area contributed by atoms with Gasteiger partial charge in [0.05, 0.1) is 12.2 Å². The highest BCUT2D eigenvalue weighted by Crippen LogP contribution is 2.35. The van der Waals surface area contributed by atoms with Gasteiger partial charge in [-0.15, -0.1) is 0 Å². The molecule has 0 fully saturated rings. The fraction of sp³-hybridized carbons (Fsp3) is 0.250. The summed E-state index contributed by atoms with van der Waals surface area (Å²) in [6.45, 7) is 4.25. The smallest absolute Gasteiger partial charge is 0.338 e. The van der Waals surface area contributed by atoms with Crippen LogP contribution in [0, 0.1) is 6.92 Å². The van der Waals surface area contributed by atoms with Crippen molar-refractivity contribution >= 4 is 34.5 Å². The van der Waals surface area contributed by atoms with Gasteiger partial charge in [-0.25, -0.2) is 4.79 Å². The minimum Gasteiger partial charge on any atom is -0.462 e. The fourth-order valence-electron chi connectivity index (χ4n) is 3.00. The maximum absolute atomic E-state index is 12.1. The van der Waals surface area contributed by atoms with E-state index in [1.54, 1.807) is 18.0 Å². The second kappa shape index (κ2) is 7.23. The third-order valence-corrected chi connectivity index (χ3v) is 5.03. The maximum atomic E-state index is 12.1. The van der Waals surface area contributed by atoms with Gasteiger partial charge in [-0.2, -0.15) is 0 Å². The minimum absolute atomic E-state index is 0.287. The molecule has 4 nitrogen and oxygen atoms in total. The molecule has 0 aliphatic carbocycles. The van der Waals surface area contributed by atoms with Crippen LogP contribution in [0.25, 0.3) is 22.0 Å². The molecule has 0 bridgehead atoms. The lowest BCUT2D eigenvalue weighted by Crippen LogP contribution is -2.04. The zero-order chi connectivity index (χ0) is 18.0. The standard InChI is InChI=1S/C20H22N2O2S/c1-5-24-20(23)15-9-10-18-17(12-15)19(13(2)21-18)14-7-6-8-16(11-14)22(3)25-4/h6-12,21H,5H2,1-4H3. The predicted molar refractivity (Wildman–Crippen MR) is 106 cm³/mol. The molecule has 0 amide bonds. The van der Waals surface area contributed by atoms with Crippen LogP contribution < -0.4 is 4.31 Å². The lowest BCUT2D eigenvalue weighted by atomic mass is 10.0. The monoisotopic (exact) mass is 354 g/mol. The molecule has 1 N–H and O–H groups in total. The fourth-order valence-corrected chi connectivity index (χ4v) is 3.33. The number of aryl methyl sites for hydroxylation is 1. The molecule has 1 aromatic heterocycles. The summed E-state index contributed by atoms with van der Waals surface area (Å²) >= 11 is 1.67. The third kappa shape index (κ3) is 3.37. The summed E-state index contributed by atoms with van der Waals surface area (Å²) in [6.07, 6.45) is 2.05. The highest BCUT2D eigenvalue weighted by molar-refractivity contribution is 7.99. The number of rotatable bonds is 5. The molecule has 0 radical (unpaired) electrons. The summed E-state index contributed by atoms with van der Waals surface area (Å²) in [4.78, 5) is 15.5. The van der Waals surface area contributed by atoms with E-state index in [1.807, 2.05) is 26.1 Å². The van der Waals surface area contributed by atoms with Crippen LogP contribution in [0.15, 0.2) is 42.5 Å². The number of esters is 1. The van der Waals surface area contributed by atoms with Gasteiger partial charge in [-0.1, -0.05) is 24.1 Å². The van der Waals surface area contributed by atoms with Gasteiger partial charge in [0.15, 0.2) is 0 Å². The predicted octanol–water partition coefficient (Wildman–Crippen LogP) is 5.03. The van der Waals surface area contributed by atoms with Crippen LogP contribution in [0.1, 0.15) is 23.0 Å². The highest BCUT2D eigenvalue weighted by Gasteiger charge is 2.15. The average Bonchev–Trinajstić information content (AvgIpc) is 2.96. The number of aromatic amines is 1. The van der Waals surface area contributed by atoms with Crippen LogP contribution in [-0.4, -0.2) is 30.9 Å². The van der Waals surface area contributed by atoms with Crippen molar-refractivity contribution in [2.24, 2.45) is 0 Å². The van der Waals surface area contributed by atoms with Crippen molar-refractivity contribution in [3.63, 3.8) is 0 Å². The number of nitrogens with one attached hydrogen (secondary N) is 1. The molecule has 130 valence electrons. The van der Waals surface area contributed by atoms with Gasteiger partial charge in [0.2, 0.25) is 0 Å². The van der Waals surface area contributed by atoms with E-state index in [0.29, 0.717) is 12.2 Å². The molecule has 5 heteroatoms. The molecule has 0 spiro atoms. The molecular formula is C20H22N2O2S. The minimum atomic E-state index is -0.287. The van der Waals surface area contributed by atoms with E-state index < -0.39 is 0 Å². The normalized spacial score (nSPS) is 10.9. The van der Waals surface area contributed by atoms with Crippen LogP contribution >= 0.6 is 11.9 Å². The molecule has 3 rings (SSSR count). The number of H-pyrrole nitrogens is 1. The van der Waals surface area contributed by atoms with E-state index in [2.05, 4.69) is 46.7 Å². The average molecular weight is 354 g/mol. The van der Waals surface area contributed by atoms with Crippen LogP contribution in [0.4, 0.5) is 5.69 Å². The van der Waals surface area contributed by atoms with E-state index in [4.69, 9.17) is 4.74 Å². The second-order valence-electron chi connectivity index (χ2n) is 5.84. The van der Waals surface area contributed by atoms with Crippen molar-refractivity contribution in [3.05, 3.63) is 53.7 Å². The van der Waals surface area contributed by atoms with Crippen molar-refractivity contribution in [2.45, 2.75) is 13.8 Å². The van der Waals surface area contributed by atoms with Gasteiger partial charge < -0.3 is 14.0 Å². The third-order valence-electron chi connectivity index (χ3n) is 4.27. The molecular weight excluding hydrogens is 332 g/mol. The van der Waals surface area contributed by atoms with E-state index in [-0.39, 0.29) is 5.97 Å². The Morgan fingerprint density at radius 2 is 2.04 bits per heavy atom. The van der Waals surface area contributed by atoms with Crippen LogP contribution in [-0.2, 0) is 4.74 Å². The van der Waals surface area contributed by atoms with Gasteiger partial charge in [0, 0.05) is 41.2 Å². The molecule has 25 heavy (non-hydrogen) atoms. The molecule has 0 saturated heterocycles. The van der Waals surface area contributed by atoms with Crippen LogP contribution in [0.3, 0.4) is 0 Å². The number of hydrogen-bond donors (Lipinski definition) is 1. The number of aromatic nitrogens is 1. The van der Waals surface area contributed by atoms with Crippen LogP contribution in [0.2, 0.25) is 0 Å². The SMILES string of the molecule is CCOC(=O)c1ccc2[nH]c(C)c(-c3cccc(N(C)SC)c3)c2c1. The van der Waals surface area contributed by atoms with E-state index in [9.17, 15) is 4.79 Å². The Balaban J connectivity index is 2.14. The Kier molecular flexibility index (Phi) is 5.04. The summed E-state index contributed by atoms with van der Waals surface area (Å²) in [7, 11) is 2.05. The molecule has 0 unspecified atom stereocenters. The highest BCUT2D eigenvalue weighted by atomic mass is 32.2. The molecule has 0 aliphatic rings. The lowest BCUT2D eigenvalue weighted by molar-refractivity contribution is 0.0526. The topological polar surface area (TPSA) is 45.3 Å². The summed E-state index contributed by atoms with van der Waals surface area (Å²) in [5.74, 6) is -0.287. The maximum Gasteiger partial charge on any atom is 0.338 e. The first-order valence-electron chi connectivity index (χ1n) is 8.23. The number of fused-ring (bicyclic) bond motifs is 1. The van der Waals surface area contributed by atoms with Crippen molar-refractivity contribution < 1.29 is 9.53 Å². The first-order valence-corrected chi connectivity index (χ1v) is 9.41. The largest absolute Gasteiger partial charge is 0.462 e. The number of carbonyl (C=O) groups is 1. The Morgan fingerprint density at radius 1 is 1.24 bits per heavy atom.